The van der Waals surface area contributed by atoms with Crippen molar-refractivity contribution in [3.63, 3.8) is 0 Å². The number of benzene rings is 1. The molecule has 0 amide bonds. The molecule has 1 aromatic rings. The summed E-state index contributed by atoms with van der Waals surface area (Å²) >= 11 is 0. The molecule has 0 aromatic heterocycles. The van der Waals surface area contributed by atoms with Gasteiger partial charge in [-0.25, -0.2) is 4.79 Å². The van der Waals surface area contributed by atoms with Crippen LogP contribution in [0.25, 0.3) is 0 Å². The maximum Gasteiger partial charge on any atom is 0.513 e. The van der Waals surface area contributed by atoms with Gasteiger partial charge >= 0.3 is 30.0 Å². The predicted octanol–water partition coefficient (Wildman–Crippen LogP) is 5.87. The lowest BCUT2D eigenvalue weighted by atomic mass is 9.88. The Morgan fingerprint density at radius 1 is 0.648 bits per heavy atom. The molecule has 0 aliphatic carbocycles. The van der Waals surface area contributed by atoms with Gasteiger partial charge in [0.2, 0.25) is 0 Å². The number of carbonyl (C=O) groups is 5. The number of ether oxygens (including phenoxy) is 10. The molecule has 1 aromatic carbocycles. The number of para-hydroxylation sites is 1. The van der Waals surface area contributed by atoms with Crippen LogP contribution in [0.4, 0.5) is 4.79 Å². The summed E-state index contributed by atoms with van der Waals surface area (Å²) in [4.78, 5) is 62.0. The van der Waals surface area contributed by atoms with Crippen molar-refractivity contribution in [2.24, 2.45) is 5.92 Å². The van der Waals surface area contributed by atoms with Crippen LogP contribution in [0.2, 0.25) is 0 Å². The first-order valence-electron chi connectivity index (χ1n) is 18.7. The van der Waals surface area contributed by atoms with Gasteiger partial charge in [-0.15, -0.1) is 0 Å². The summed E-state index contributed by atoms with van der Waals surface area (Å²) in [5.74, 6) is -2.31. The van der Waals surface area contributed by atoms with Crippen molar-refractivity contribution in [3.8, 4) is 5.75 Å². The quantitative estimate of drug-likeness (QED) is 0.0843. The number of esters is 4. The highest BCUT2D eigenvalue weighted by Crippen LogP contribution is 2.38. The standard InChI is InChI=1S/C39H58O15/c1-12-29-22(7)31(47-23(8)40)35(49-25(10)42)38(51-29)53-33-30(13-2)52-37(36(50-26(11)43)34(33)48-24(9)41)45-18-15-19-46-39(44)54-32-27(20(3)4)16-14-17-28(32)21(5)6/h14,16-17,20-22,29-31,33-38H,12-13,15,18-19H2,1-11H3/t22-,29-,30-,31+,33?,34+,35-,36-,37-,38?/m1/s1. The average molecular weight is 767 g/mol. The van der Waals surface area contributed by atoms with E-state index < -0.39 is 85.3 Å². The van der Waals surface area contributed by atoms with Crippen LogP contribution in [0.3, 0.4) is 0 Å². The Bertz CT molecular complexity index is 1400. The van der Waals surface area contributed by atoms with E-state index in [-0.39, 0.29) is 37.4 Å². The van der Waals surface area contributed by atoms with Crippen molar-refractivity contribution in [2.45, 2.75) is 163 Å². The van der Waals surface area contributed by atoms with E-state index in [2.05, 4.69) is 0 Å². The van der Waals surface area contributed by atoms with Gasteiger partial charge in [0.1, 0.15) is 18.0 Å². The number of carbonyl (C=O) groups excluding carboxylic acids is 5. The van der Waals surface area contributed by atoms with Gasteiger partial charge in [-0.05, 0) is 35.8 Å². The third kappa shape index (κ3) is 12.1. The normalized spacial score (nSPS) is 28.2. The molecule has 2 aliphatic heterocycles. The van der Waals surface area contributed by atoms with E-state index >= 15 is 0 Å². The van der Waals surface area contributed by atoms with Gasteiger partial charge in [-0.2, -0.15) is 0 Å². The monoisotopic (exact) mass is 766 g/mol. The first-order valence-corrected chi connectivity index (χ1v) is 18.7. The van der Waals surface area contributed by atoms with Crippen LogP contribution in [0.5, 0.6) is 5.75 Å². The van der Waals surface area contributed by atoms with E-state index in [1.54, 1.807) is 6.92 Å². The Balaban J connectivity index is 1.79. The second kappa shape index (κ2) is 20.8. The largest absolute Gasteiger partial charge is 0.513 e. The van der Waals surface area contributed by atoms with Gasteiger partial charge in [0.25, 0.3) is 0 Å². The molecular formula is C39H58O15. The molecule has 3 rings (SSSR count). The van der Waals surface area contributed by atoms with E-state index in [0.29, 0.717) is 18.6 Å². The van der Waals surface area contributed by atoms with Crippen molar-refractivity contribution < 1.29 is 71.3 Å². The molecule has 2 fully saturated rings. The highest BCUT2D eigenvalue weighted by atomic mass is 16.8. The van der Waals surface area contributed by atoms with E-state index in [1.165, 1.54) is 27.7 Å². The maximum atomic E-state index is 12.7. The van der Waals surface area contributed by atoms with Crippen molar-refractivity contribution >= 4 is 30.0 Å². The highest BCUT2D eigenvalue weighted by Gasteiger charge is 2.55. The van der Waals surface area contributed by atoms with Gasteiger partial charge in [0.15, 0.2) is 30.9 Å². The molecule has 0 bridgehead atoms. The van der Waals surface area contributed by atoms with Gasteiger partial charge in [-0.1, -0.05) is 66.7 Å². The molecule has 2 unspecified atom stereocenters. The molecule has 15 nitrogen and oxygen atoms in total. The second-order valence-corrected chi connectivity index (χ2v) is 14.2. The topological polar surface area (TPSA) is 178 Å². The molecular weight excluding hydrogens is 708 g/mol. The lowest BCUT2D eigenvalue weighted by molar-refractivity contribution is -0.353. The average Bonchev–Trinajstić information content (AvgIpc) is 3.08. The Morgan fingerprint density at radius 2 is 1.13 bits per heavy atom. The van der Waals surface area contributed by atoms with Gasteiger partial charge in [-0.3, -0.25) is 19.2 Å². The third-order valence-electron chi connectivity index (χ3n) is 9.20. The lowest BCUT2D eigenvalue weighted by Gasteiger charge is -2.49. The molecule has 54 heavy (non-hydrogen) atoms. The fourth-order valence-electron chi connectivity index (χ4n) is 6.73. The van der Waals surface area contributed by atoms with E-state index in [4.69, 9.17) is 47.4 Å². The lowest BCUT2D eigenvalue weighted by Crippen LogP contribution is -2.64. The van der Waals surface area contributed by atoms with Gasteiger partial charge in [0, 0.05) is 40.0 Å². The SMILES string of the molecule is CC[C@H]1O[C@@H](OCCCOC(=O)Oc2c(C(C)C)cccc2C(C)C)[C@H](OC(C)=O)[C@@H](OC(C)=O)C1OC1O[C@H](CC)[C@@H](C)[C@H](OC(C)=O)[C@H]1OC(C)=O. The fraction of sp³-hybridized carbons (Fsp3) is 0.718. The van der Waals surface area contributed by atoms with Crippen LogP contribution in [-0.4, -0.2) is 98.6 Å². The van der Waals surface area contributed by atoms with E-state index in [9.17, 15) is 24.0 Å². The number of hydrogen-bond acceptors (Lipinski definition) is 15. The van der Waals surface area contributed by atoms with E-state index in [0.717, 1.165) is 11.1 Å². The Labute approximate surface area is 317 Å². The molecule has 15 heteroatoms. The predicted molar refractivity (Wildman–Crippen MR) is 191 cm³/mol. The van der Waals surface area contributed by atoms with Crippen molar-refractivity contribution in [1.82, 2.24) is 0 Å². The zero-order chi connectivity index (χ0) is 40.3. The summed E-state index contributed by atoms with van der Waals surface area (Å²) < 4.78 is 58.7. The molecule has 2 aliphatic rings. The zero-order valence-electron chi connectivity index (χ0n) is 33.3. The van der Waals surface area contributed by atoms with Crippen LogP contribution < -0.4 is 4.74 Å². The van der Waals surface area contributed by atoms with E-state index in [1.807, 2.05) is 59.7 Å². The molecule has 0 spiro atoms. The first-order chi connectivity index (χ1) is 25.5. The molecule has 0 radical (unpaired) electrons. The minimum absolute atomic E-state index is 0.00924. The zero-order valence-corrected chi connectivity index (χ0v) is 33.3. The summed E-state index contributed by atoms with van der Waals surface area (Å²) in [5.41, 5.74) is 1.78. The first kappa shape index (κ1) is 44.6. The fourth-order valence-corrected chi connectivity index (χ4v) is 6.73. The third-order valence-corrected chi connectivity index (χ3v) is 9.20. The van der Waals surface area contributed by atoms with Crippen LogP contribution in [0, 0.1) is 5.92 Å². The van der Waals surface area contributed by atoms with Crippen molar-refractivity contribution in [3.05, 3.63) is 29.3 Å². The van der Waals surface area contributed by atoms with Gasteiger partial charge < -0.3 is 47.4 Å². The van der Waals surface area contributed by atoms with Crippen molar-refractivity contribution in [2.75, 3.05) is 13.2 Å². The molecule has 0 saturated carbocycles. The molecule has 2 saturated heterocycles. The molecule has 0 N–H and O–H groups in total. The molecule has 10 atom stereocenters. The Morgan fingerprint density at radius 3 is 1.63 bits per heavy atom. The van der Waals surface area contributed by atoms with Crippen LogP contribution >= 0.6 is 0 Å². The minimum atomic E-state index is -1.31. The van der Waals surface area contributed by atoms with Crippen LogP contribution in [0.1, 0.15) is 118 Å². The summed E-state index contributed by atoms with van der Waals surface area (Å²) in [7, 11) is 0. The molecule has 304 valence electrons. The maximum absolute atomic E-state index is 12.7. The second-order valence-electron chi connectivity index (χ2n) is 14.2. The summed E-state index contributed by atoms with van der Waals surface area (Å²) in [5, 5.41) is 0. The summed E-state index contributed by atoms with van der Waals surface area (Å²) in [6, 6.07) is 5.77. The smallest absolute Gasteiger partial charge is 0.458 e. The minimum Gasteiger partial charge on any atom is -0.458 e. The Kier molecular flexibility index (Phi) is 17.2. The molecule has 2 heterocycles. The van der Waals surface area contributed by atoms with Crippen LogP contribution in [0.15, 0.2) is 18.2 Å². The van der Waals surface area contributed by atoms with Crippen molar-refractivity contribution in [1.29, 1.82) is 0 Å². The summed E-state index contributed by atoms with van der Waals surface area (Å²) in [6.07, 6.45) is -9.45. The number of rotatable bonds is 16. The Hall–Kier alpha value is -3.79. The summed E-state index contributed by atoms with van der Waals surface area (Å²) in [6.45, 7) is 18.3. The number of hydrogen-bond donors (Lipinski definition) is 0. The van der Waals surface area contributed by atoms with Crippen LogP contribution in [-0.2, 0) is 61.8 Å². The van der Waals surface area contributed by atoms with Gasteiger partial charge in [0.05, 0.1) is 25.4 Å². The highest BCUT2D eigenvalue weighted by molar-refractivity contribution is 5.68.